The molecule has 2 aromatic carbocycles. The number of hydrogen-bond acceptors (Lipinski definition) is 8. The molecular formula is C22H20O8. The Bertz CT molecular complexity index is 909. The highest BCUT2D eigenvalue weighted by atomic mass is 16.5. The van der Waals surface area contributed by atoms with Crippen LogP contribution >= 0.6 is 0 Å². The lowest BCUT2D eigenvalue weighted by molar-refractivity contribution is -0.137. The fourth-order valence-corrected chi connectivity index (χ4v) is 2.11. The van der Waals surface area contributed by atoms with Gasteiger partial charge in [-0.3, -0.25) is 0 Å². The van der Waals surface area contributed by atoms with Crippen LogP contribution in [0.1, 0.15) is 11.1 Å². The van der Waals surface area contributed by atoms with Crippen molar-refractivity contribution in [3.63, 3.8) is 0 Å². The number of ether oxygens (including phenoxy) is 2. The first-order valence-electron chi connectivity index (χ1n) is 8.74. The van der Waals surface area contributed by atoms with Gasteiger partial charge in [-0.05, 0) is 59.7 Å². The van der Waals surface area contributed by atoms with Gasteiger partial charge in [-0.25, -0.2) is 9.59 Å². The van der Waals surface area contributed by atoms with Crippen LogP contribution in [0.15, 0.2) is 60.7 Å². The minimum Gasteiger partial charge on any atom is -0.504 e. The van der Waals surface area contributed by atoms with Gasteiger partial charge in [-0.15, -0.1) is 0 Å². The topological polar surface area (TPSA) is 134 Å². The van der Waals surface area contributed by atoms with Crippen molar-refractivity contribution in [2.45, 2.75) is 0 Å². The van der Waals surface area contributed by atoms with E-state index in [1.54, 1.807) is 0 Å². The van der Waals surface area contributed by atoms with Crippen molar-refractivity contribution in [3.8, 4) is 23.0 Å². The quantitative estimate of drug-likeness (QED) is 0.225. The molecule has 0 amide bonds. The molecular weight excluding hydrogens is 392 g/mol. The van der Waals surface area contributed by atoms with Crippen LogP contribution in [0.25, 0.3) is 12.2 Å². The van der Waals surface area contributed by atoms with Crippen molar-refractivity contribution in [2.24, 2.45) is 0 Å². The van der Waals surface area contributed by atoms with Crippen LogP contribution in [0.3, 0.4) is 0 Å². The first-order chi connectivity index (χ1) is 14.3. The Morgan fingerprint density at radius 1 is 0.667 bits per heavy atom. The number of aromatic hydroxyl groups is 4. The normalized spacial score (nSPS) is 11.3. The van der Waals surface area contributed by atoms with Gasteiger partial charge in [0, 0.05) is 12.2 Å². The third kappa shape index (κ3) is 7.43. The minimum absolute atomic E-state index is 0.0236. The van der Waals surface area contributed by atoms with E-state index in [-0.39, 0.29) is 36.2 Å². The summed E-state index contributed by atoms with van der Waals surface area (Å²) in [4.78, 5) is 23.2. The van der Waals surface area contributed by atoms with Crippen LogP contribution in [0, 0.1) is 0 Å². The number of rotatable bonds is 8. The summed E-state index contributed by atoms with van der Waals surface area (Å²) in [5.74, 6) is -2.31. The van der Waals surface area contributed by atoms with Crippen molar-refractivity contribution < 1.29 is 39.5 Å². The van der Waals surface area contributed by atoms with Crippen molar-refractivity contribution in [1.82, 2.24) is 0 Å². The molecule has 0 bridgehead atoms. The molecule has 4 N–H and O–H groups in total. The zero-order chi connectivity index (χ0) is 21.9. The molecule has 0 aliphatic heterocycles. The molecule has 30 heavy (non-hydrogen) atoms. The van der Waals surface area contributed by atoms with Crippen LogP contribution in [0.4, 0.5) is 0 Å². The van der Waals surface area contributed by atoms with Crippen molar-refractivity contribution in [3.05, 3.63) is 71.8 Å². The lowest BCUT2D eigenvalue weighted by Crippen LogP contribution is -2.02. The molecule has 156 valence electrons. The Hall–Kier alpha value is -4.20. The molecule has 0 aromatic heterocycles. The zero-order valence-electron chi connectivity index (χ0n) is 15.8. The highest BCUT2D eigenvalue weighted by molar-refractivity contribution is 5.87. The van der Waals surface area contributed by atoms with E-state index in [2.05, 4.69) is 0 Å². The molecule has 0 radical (unpaired) electrons. The molecule has 0 aliphatic carbocycles. The molecule has 0 atom stereocenters. The fraction of sp³-hybridized carbons (Fsp3) is 0.0909. The molecule has 0 unspecified atom stereocenters. The highest BCUT2D eigenvalue weighted by Crippen LogP contribution is 2.26. The van der Waals surface area contributed by atoms with Crippen molar-refractivity contribution in [2.75, 3.05) is 13.2 Å². The Morgan fingerprint density at radius 3 is 1.43 bits per heavy atom. The molecule has 0 saturated carbocycles. The summed E-state index contributed by atoms with van der Waals surface area (Å²) in [5, 5.41) is 37.2. The minimum atomic E-state index is -0.607. The lowest BCUT2D eigenvalue weighted by atomic mass is 10.2. The maximum Gasteiger partial charge on any atom is 0.331 e. The van der Waals surface area contributed by atoms with Crippen molar-refractivity contribution in [1.29, 1.82) is 0 Å². The molecule has 8 heteroatoms. The fourth-order valence-electron chi connectivity index (χ4n) is 2.11. The summed E-state index contributed by atoms with van der Waals surface area (Å²) in [7, 11) is 0. The Labute approximate surface area is 172 Å². The highest BCUT2D eigenvalue weighted by Gasteiger charge is 2.01. The third-order valence-corrected chi connectivity index (χ3v) is 3.63. The van der Waals surface area contributed by atoms with Crippen LogP contribution < -0.4 is 0 Å². The molecule has 0 spiro atoms. The smallest absolute Gasteiger partial charge is 0.331 e. The summed E-state index contributed by atoms with van der Waals surface area (Å²) in [6.07, 6.45) is 8.21. The van der Waals surface area contributed by atoms with E-state index in [9.17, 15) is 30.0 Å². The summed E-state index contributed by atoms with van der Waals surface area (Å²) in [5.41, 5.74) is 1.03. The molecule has 2 aromatic rings. The monoisotopic (exact) mass is 412 g/mol. The molecule has 0 aliphatic rings. The SMILES string of the molecule is O=C(/C=C/c1ccc(O)c(O)c1)OC/C=C\COC(=O)/C=C/c1ccc(O)c(O)c1. The Morgan fingerprint density at radius 2 is 1.07 bits per heavy atom. The summed E-state index contributed by atoms with van der Waals surface area (Å²) < 4.78 is 9.86. The van der Waals surface area contributed by atoms with E-state index in [0.717, 1.165) is 0 Å². The average Bonchev–Trinajstić information content (AvgIpc) is 2.72. The molecule has 2 rings (SSSR count). The number of hydrogen-bond donors (Lipinski definition) is 4. The van der Waals surface area contributed by atoms with Gasteiger partial charge < -0.3 is 29.9 Å². The first-order valence-corrected chi connectivity index (χ1v) is 8.74. The summed E-state index contributed by atoms with van der Waals surface area (Å²) in [6.45, 7) is -0.0473. The van der Waals surface area contributed by atoms with Crippen LogP contribution in [0.2, 0.25) is 0 Å². The van der Waals surface area contributed by atoms with E-state index < -0.39 is 11.9 Å². The zero-order valence-corrected chi connectivity index (χ0v) is 15.8. The van der Waals surface area contributed by atoms with Crippen molar-refractivity contribution >= 4 is 24.1 Å². The van der Waals surface area contributed by atoms with Gasteiger partial charge >= 0.3 is 11.9 Å². The second kappa shape index (κ2) is 11.0. The predicted octanol–water partition coefficient (Wildman–Crippen LogP) is 2.88. The number of benzene rings is 2. The molecule has 0 heterocycles. The van der Waals surface area contributed by atoms with E-state index in [4.69, 9.17) is 9.47 Å². The van der Waals surface area contributed by atoms with Gasteiger partial charge in [0.05, 0.1) is 0 Å². The van der Waals surface area contributed by atoms with Gasteiger partial charge in [0.2, 0.25) is 0 Å². The van der Waals surface area contributed by atoms with E-state index in [0.29, 0.717) is 11.1 Å². The largest absolute Gasteiger partial charge is 0.504 e. The van der Waals surface area contributed by atoms with E-state index >= 15 is 0 Å². The Kier molecular flexibility index (Phi) is 8.07. The van der Waals surface area contributed by atoms with Gasteiger partial charge in [0.25, 0.3) is 0 Å². The van der Waals surface area contributed by atoms with Crippen LogP contribution in [0.5, 0.6) is 23.0 Å². The second-order valence-electron chi connectivity index (χ2n) is 5.89. The van der Waals surface area contributed by atoms with Gasteiger partial charge in [0.15, 0.2) is 23.0 Å². The molecule has 8 nitrogen and oxygen atoms in total. The second-order valence-corrected chi connectivity index (χ2v) is 5.89. The van der Waals surface area contributed by atoms with Gasteiger partial charge in [-0.1, -0.05) is 12.1 Å². The first kappa shape index (κ1) is 22.1. The molecule has 0 fully saturated rings. The Balaban J connectivity index is 1.67. The number of carbonyl (C=O) groups is 2. The van der Waals surface area contributed by atoms with Gasteiger partial charge in [0.1, 0.15) is 13.2 Å². The molecule has 0 saturated heterocycles. The lowest BCUT2D eigenvalue weighted by Gasteiger charge is -2.00. The maximum absolute atomic E-state index is 11.6. The van der Waals surface area contributed by atoms with Crippen LogP contribution in [-0.2, 0) is 19.1 Å². The number of carbonyl (C=O) groups excluding carboxylic acids is 2. The van der Waals surface area contributed by atoms with Crippen LogP contribution in [-0.4, -0.2) is 45.6 Å². The number of phenols is 4. The maximum atomic E-state index is 11.6. The number of phenolic OH excluding ortho intramolecular Hbond substituents is 4. The standard InChI is InChI=1S/C22H20O8/c23-17-7-3-15(13-19(17)25)5-9-21(27)29-11-1-2-12-30-22(28)10-6-16-4-8-18(24)20(26)14-16/h1-10,13-14,23-26H,11-12H2/b2-1-,9-5+,10-6+. The average molecular weight is 412 g/mol. The summed E-state index contributed by atoms with van der Waals surface area (Å²) >= 11 is 0. The van der Waals surface area contributed by atoms with E-state index in [1.165, 1.54) is 72.9 Å². The van der Waals surface area contributed by atoms with Gasteiger partial charge in [-0.2, -0.15) is 0 Å². The third-order valence-electron chi connectivity index (χ3n) is 3.63. The summed E-state index contributed by atoms with van der Waals surface area (Å²) in [6, 6.07) is 8.23. The number of esters is 2. The van der Waals surface area contributed by atoms with E-state index in [1.807, 2.05) is 0 Å². The predicted molar refractivity (Wildman–Crippen MR) is 109 cm³/mol.